The number of fused-ring (bicyclic) bond motifs is 1. The van der Waals surface area contributed by atoms with Gasteiger partial charge in [0.1, 0.15) is 34.5 Å². The fourth-order valence-electron chi connectivity index (χ4n) is 3.95. The van der Waals surface area contributed by atoms with Crippen molar-refractivity contribution in [1.82, 2.24) is 14.5 Å². The first kappa shape index (κ1) is 22.5. The summed E-state index contributed by atoms with van der Waals surface area (Å²) in [4.78, 5) is 21.3. The lowest BCUT2D eigenvalue weighted by Crippen LogP contribution is -2.25. The summed E-state index contributed by atoms with van der Waals surface area (Å²) in [5.41, 5.74) is 1.24. The van der Waals surface area contributed by atoms with E-state index in [2.05, 4.69) is 10.3 Å². The molecule has 1 amide bonds. The third-order valence-electron chi connectivity index (χ3n) is 5.59. The van der Waals surface area contributed by atoms with E-state index >= 15 is 0 Å². The molecule has 1 aliphatic rings. The fraction of sp³-hybridized carbons (Fsp3) is 0.409. The van der Waals surface area contributed by atoms with E-state index < -0.39 is 28.7 Å². The number of pyridine rings is 1. The topological polar surface area (TPSA) is 92.1 Å². The van der Waals surface area contributed by atoms with Crippen molar-refractivity contribution in [3.05, 3.63) is 47.5 Å². The molecular weight excluding hydrogens is 438 g/mol. The number of anilines is 1. The van der Waals surface area contributed by atoms with E-state index in [1.165, 1.54) is 25.3 Å². The third-order valence-corrected chi connectivity index (χ3v) is 7.11. The van der Waals surface area contributed by atoms with E-state index in [9.17, 15) is 18.1 Å². The van der Waals surface area contributed by atoms with Gasteiger partial charge in [0.25, 0.3) is 11.8 Å². The molecule has 32 heavy (non-hydrogen) atoms. The Hall–Kier alpha value is -2.72. The molecule has 0 spiro atoms. The summed E-state index contributed by atoms with van der Waals surface area (Å²) < 4.78 is 46.6. The van der Waals surface area contributed by atoms with Crippen molar-refractivity contribution in [3.63, 3.8) is 0 Å². The van der Waals surface area contributed by atoms with Gasteiger partial charge >= 0.3 is 0 Å². The Kier molecular flexibility index (Phi) is 6.09. The number of amides is 1. The average molecular weight is 463 g/mol. The van der Waals surface area contributed by atoms with Gasteiger partial charge in [-0.15, -0.1) is 0 Å². The number of ether oxygens (including phenoxy) is 1. The minimum Gasteiger partial charge on any atom is -0.616 e. The Bertz CT molecular complexity index is 1160. The number of imidazole rings is 1. The highest BCUT2D eigenvalue weighted by atomic mass is 32.2. The maximum absolute atomic E-state index is 13.6. The molecule has 2 aromatic heterocycles. The Balaban J connectivity index is 1.67. The number of carbonyl (C=O) groups excluding carboxylic acids is 1. The smallest absolute Gasteiger partial charge is 0.287 e. The van der Waals surface area contributed by atoms with Gasteiger partial charge in [-0.1, -0.05) is 17.2 Å². The van der Waals surface area contributed by atoms with Crippen molar-refractivity contribution < 1.29 is 22.9 Å². The van der Waals surface area contributed by atoms with Crippen LogP contribution in [0, 0.1) is 0 Å². The molecule has 10 heteroatoms. The highest BCUT2D eigenvalue weighted by Gasteiger charge is 2.29. The van der Waals surface area contributed by atoms with Gasteiger partial charge in [0, 0.05) is 20.0 Å². The number of aryl methyl sites for hydroxylation is 1. The molecule has 1 N–H and O–H groups in total. The molecule has 0 radical (unpaired) electrons. The number of nitrogens with one attached hydrogen (secondary N) is 1. The van der Waals surface area contributed by atoms with Gasteiger partial charge in [-0.05, 0) is 31.0 Å². The van der Waals surface area contributed by atoms with Crippen molar-refractivity contribution in [3.8, 4) is 5.75 Å². The van der Waals surface area contributed by atoms with E-state index in [-0.39, 0.29) is 11.6 Å². The second-order valence-corrected chi connectivity index (χ2v) is 9.59. The molecule has 2 unspecified atom stereocenters. The van der Waals surface area contributed by atoms with Gasteiger partial charge in [0.05, 0.1) is 29.7 Å². The predicted octanol–water partition coefficient (Wildman–Crippen LogP) is 3.97. The quantitative estimate of drug-likeness (QED) is 0.580. The standard InChI is InChI=1S/C22H24F2N4O3S/c1-22(23,24)19-8-4-7-14(25-19)21(29)27-16-10-17-15(11-18(16)31-3)26-20(28(17)2)13-6-5-9-32(30)12-13/h4,7-8,10-11,13H,5-6,9,12H2,1-3H3,(H,27,29). The zero-order valence-electron chi connectivity index (χ0n) is 18.0. The first-order valence-corrected chi connectivity index (χ1v) is 11.7. The number of carbonyl (C=O) groups is 1. The number of alkyl halides is 2. The van der Waals surface area contributed by atoms with Crippen LogP contribution in [-0.4, -0.2) is 43.6 Å². The minimum atomic E-state index is -3.15. The van der Waals surface area contributed by atoms with Crippen LogP contribution in [0.2, 0.25) is 0 Å². The third kappa shape index (κ3) is 4.42. The summed E-state index contributed by atoms with van der Waals surface area (Å²) in [5.74, 6) is -1.13. The van der Waals surface area contributed by atoms with Gasteiger partial charge in [-0.3, -0.25) is 4.79 Å². The van der Waals surface area contributed by atoms with E-state index in [0.29, 0.717) is 22.7 Å². The number of nitrogens with zero attached hydrogens (tertiary/aromatic N) is 3. The molecule has 0 aliphatic carbocycles. The summed E-state index contributed by atoms with van der Waals surface area (Å²) in [6.45, 7) is 0.732. The van der Waals surface area contributed by atoms with Gasteiger partial charge in [0.2, 0.25) is 0 Å². The molecular formula is C22H24F2N4O3S. The minimum absolute atomic E-state index is 0.105. The van der Waals surface area contributed by atoms with E-state index in [1.807, 2.05) is 11.6 Å². The van der Waals surface area contributed by atoms with Gasteiger partial charge in [0.15, 0.2) is 0 Å². The monoisotopic (exact) mass is 462 g/mol. The summed E-state index contributed by atoms with van der Waals surface area (Å²) in [6, 6.07) is 7.38. The molecule has 1 aliphatic heterocycles. The van der Waals surface area contributed by atoms with Crippen LogP contribution < -0.4 is 10.1 Å². The summed E-state index contributed by atoms with van der Waals surface area (Å²) in [7, 11) is 3.36. The molecule has 3 heterocycles. The Morgan fingerprint density at radius 3 is 2.81 bits per heavy atom. The van der Waals surface area contributed by atoms with Crippen molar-refractivity contribution in [1.29, 1.82) is 0 Å². The van der Waals surface area contributed by atoms with Crippen LogP contribution >= 0.6 is 0 Å². The number of hydrogen-bond acceptors (Lipinski definition) is 5. The number of aromatic nitrogens is 3. The Morgan fingerprint density at radius 2 is 2.12 bits per heavy atom. The van der Waals surface area contributed by atoms with E-state index in [4.69, 9.17) is 9.72 Å². The highest BCUT2D eigenvalue weighted by Crippen LogP contribution is 2.34. The Labute approximate surface area is 187 Å². The molecule has 3 aromatic rings. The lowest BCUT2D eigenvalue weighted by Gasteiger charge is -2.24. The van der Waals surface area contributed by atoms with Crippen LogP contribution in [0.1, 0.15) is 47.7 Å². The van der Waals surface area contributed by atoms with E-state index in [1.54, 1.807) is 12.1 Å². The van der Waals surface area contributed by atoms with Crippen molar-refractivity contribution >= 4 is 33.8 Å². The molecule has 1 aromatic carbocycles. The number of halogens is 2. The van der Waals surface area contributed by atoms with Crippen molar-refractivity contribution in [2.24, 2.45) is 7.05 Å². The van der Waals surface area contributed by atoms with Crippen LogP contribution in [0.5, 0.6) is 5.75 Å². The molecule has 170 valence electrons. The van der Waals surface area contributed by atoms with Gasteiger partial charge in [-0.25, -0.2) is 9.97 Å². The van der Waals surface area contributed by atoms with Crippen LogP contribution in [0.25, 0.3) is 11.0 Å². The number of benzene rings is 1. The van der Waals surface area contributed by atoms with Crippen LogP contribution in [0.3, 0.4) is 0 Å². The van der Waals surface area contributed by atoms with Gasteiger partial charge in [-0.2, -0.15) is 8.78 Å². The molecule has 4 rings (SSSR count). The van der Waals surface area contributed by atoms with Crippen molar-refractivity contribution in [2.45, 2.75) is 31.6 Å². The largest absolute Gasteiger partial charge is 0.616 e. The number of rotatable bonds is 5. The Morgan fingerprint density at radius 1 is 1.34 bits per heavy atom. The zero-order chi connectivity index (χ0) is 23.0. The lowest BCUT2D eigenvalue weighted by atomic mass is 10.1. The molecule has 0 bridgehead atoms. The van der Waals surface area contributed by atoms with Crippen LogP contribution in [0.15, 0.2) is 30.3 Å². The first-order chi connectivity index (χ1) is 15.2. The van der Waals surface area contributed by atoms with E-state index in [0.717, 1.165) is 36.9 Å². The molecule has 0 saturated carbocycles. The first-order valence-electron chi connectivity index (χ1n) is 10.2. The molecule has 1 fully saturated rings. The second-order valence-electron chi connectivity index (χ2n) is 7.97. The summed E-state index contributed by atoms with van der Waals surface area (Å²) in [5, 5.41) is 2.71. The summed E-state index contributed by atoms with van der Waals surface area (Å²) in [6.07, 6.45) is 1.82. The number of methoxy groups -OCH3 is 1. The second kappa shape index (κ2) is 8.67. The number of hydrogen-bond donors (Lipinski definition) is 1. The lowest BCUT2D eigenvalue weighted by molar-refractivity contribution is 0.0126. The highest BCUT2D eigenvalue weighted by molar-refractivity contribution is 7.91. The average Bonchev–Trinajstić information content (AvgIpc) is 3.08. The fourth-order valence-corrected chi connectivity index (χ4v) is 5.37. The SMILES string of the molecule is COc1cc2nc(C3CCC[S+]([O-])C3)n(C)c2cc1NC(=O)c1cccc(C(C)(F)F)n1. The molecule has 7 nitrogen and oxygen atoms in total. The van der Waals surface area contributed by atoms with Crippen molar-refractivity contribution in [2.75, 3.05) is 23.9 Å². The van der Waals surface area contributed by atoms with Crippen LogP contribution in [-0.2, 0) is 24.1 Å². The predicted molar refractivity (Wildman–Crippen MR) is 119 cm³/mol. The van der Waals surface area contributed by atoms with Gasteiger partial charge < -0.3 is 19.2 Å². The normalized spacial score (nSPS) is 19.2. The van der Waals surface area contributed by atoms with Crippen LogP contribution in [0.4, 0.5) is 14.5 Å². The summed E-state index contributed by atoms with van der Waals surface area (Å²) >= 11 is -0.844. The molecule has 1 saturated heterocycles. The maximum atomic E-state index is 13.6. The molecule has 2 atom stereocenters. The maximum Gasteiger partial charge on any atom is 0.287 e. The zero-order valence-corrected chi connectivity index (χ0v) is 18.8.